The van der Waals surface area contributed by atoms with Crippen LogP contribution in [0.25, 0.3) is 11.4 Å². The number of rotatable bonds is 11. The molecule has 4 N–H and O–H groups in total. The highest BCUT2D eigenvalue weighted by atomic mass is 19.1. The first-order chi connectivity index (χ1) is 29.7. The standard InChI is InChI=1S/C44H63FN6O12/c1-11-31-44(8)34(49-41(56)63-44)26(4)32(50-57)24(2)22-42(6,62-40(55)48-19-20-58-23-28-13-15-29(16-14-28)37-46-17-12-18-47-37)36(27(5)35(53)43(7,45)39(54)60-31)61-38-33(52)30(51(9)10)21-25(3)59-38/h12-18,24-27,30-31,33-34,36,38,52,57H,11,19-23H2,1-10H3,(H,48,55)(H,49,56)/b50-32+/t24-,25-,26+,27+,30+,31-,33-,34-,36-,38+,42-,43+,44-/m1/s1. The summed E-state index contributed by atoms with van der Waals surface area (Å²) in [6.07, 6.45) is -4.21. The number of cyclic esters (lactones) is 1. The second-order valence-corrected chi connectivity index (χ2v) is 17.7. The van der Waals surface area contributed by atoms with Gasteiger partial charge in [0.15, 0.2) is 23.5 Å². The van der Waals surface area contributed by atoms with Gasteiger partial charge < -0.3 is 54.3 Å². The zero-order valence-corrected chi connectivity index (χ0v) is 37.7. The number of ketones is 1. The Morgan fingerprint density at radius 2 is 1.73 bits per heavy atom. The summed E-state index contributed by atoms with van der Waals surface area (Å²) in [5.41, 5.74) is -4.98. The average molecular weight is 887 g/mol. The minimum Gasteiger partial charge on any atom is -0.455 e. The lowest BCUT2D eigenvalue weighted by Crippen LogP contribution is -2.62. The van der Waals surface area contributed by atoms with Crippen molar-refractivity contribution in [2.45, 2.75) is 141 Å². The predicted octanol–water partition coefficient (Wildman–Crippen LogP) is 4.58. The van der Waals surface area contributed by atoms with Crippen LogP contribution in [0.5, 0.6) is 0 Å². The topological polar surface area (TPSA) is 230 Å². The molecule has 3 aliphatic rings. The predicted molar refractivity (Wildman–Crippen MR) is 225 cm³/mol. The van der Waals surface area contributed by atoms with E-state index in [-0.39, 0.29) is 38.3 Å². The summed E-state index contributed by atoms with van der Waals surface area (Å²) in [4.78, 5) is 65.3. The molecule has 5 rings (SSSR count). The highest BCUT2D eigenvalue weighted by molar-refractivity contribution is 6.08. The van der Waals surface area contributed by atoms with E-state index in [1.165, 1.54) is 20.8 Å². The molecule has 2 amide bonds. The monoisotopic (exact) mass is 886 g/mol. The number of esters is 1. The van der Waals surface area contributed by atoms with E-state index in [2.05, 4.69) is 25.8 Å². The minimum absolute atomic E-state index is 0.0137. The fraction of sp³-hybridized carbons (Fsp3) is 0.659. The lowest BCUT2D eigenvalue weighted by molar-refractivity contribution is -0.292. The van der Waals surface area contributed by atoms with Gasteiger partial charge in [-0.25, -0.2) is 28.7 Å². The largest absolute Gasteiger partial charge is 0.455 e. The molecule has 13 atom stereocenters. The molecule has 19 heteroatoms. The van der Waals surface area contributed by atoms with Crippen LogP contribution in [0.3, 0.4) is 0 Å². The molecule has 0 bridgehead atoms. The van der Waals surface area contributed by atoms with Crippen LogP contribution in [-0.4, -0.2) is 142 Å². The Hall–Kier alpha value is -4.82. The lowest BCUT2D eigenvalue weighted by Gasteiger charge is -2.47. The third-order valence-electron chi connectivity index (χ3n) is 12.5. The second kappa shape index (κ2) is 20.3. The maximum atomic E-state index is 17.0. The van der Waals surface area contributed by atoms with Crippen molar-refractivity contribution in [2.75, 3.05) is 27.2 Å². The molecule has 4 heterocycles. The number of oxime groups is 1. The molecule has 0 aliphatic carbocycles. The number of amides is 2. The van der Waals surface area contributed by atoms with Gasteiger partial charge in [-0.15, -0.1) is 0 Å². The number of aromatic nitrogens is 2. The van der Waals surface area contributed by atoms with E-state index in [0.29, 0.717) is 12.2 Å². The third kappa shape index (κ3) is 10.9. The van der Waals surface area contributed by atoms with E-state index in [4.69, 9.17) is 28.4 Å². The van der Waals surface area contributed by atoms with Crippen LogP contribution in [0.2, 0.25) is 0 Å². The number of halogens is 1. The molecule has 1 aromatic heterocycles. The summed E-state index contributed by atoms with van der Waals surface area (Å²) in [7, 11) is 3.56. The summed E-state index contributed by atoms with van der Waals surface area (Å²) < 4.78 is 53.0. The van der Waals surface area contributed by atoms with Crippen LogP contribution in [0.1, 0.15) is 80.2 Å². The van der Waals surface area contributed by atoms with Crippen molar-refractivity contribution < 1.29 is 62.3 Å². The number of hydrogen-bond donors (Lipinski definition) is 4. The Morgan fingerprint density at radius 3 is 2.35 bits per heavy atom. The number of alkyl halides is 1. The van der Waals surface area contributed by atoms with Crippen LogP contribution in [0.15, 0.2) is 47.9 Å². The fourth-order valence-corrected chi connectivity index (χ4v) is 9.15. The molecule has 0 saturated carbocycles. The van der Waals surface area contributed by atoms with Gasteiger partial charge in [-0.3, -0.25) is 4.79 Å². The first kappa shape index (κ1) is 49.2. The van der Waals surface area contributed by atoms with Gasteiger partial charge in [0.1, 0.15) is 23.9 Å². The van der Waals surface area contributed by atoms with Gasteiger partial charge in [0.2, 0.25) is 0 Å². The highest BCUT2D eigenvalue weighted by Gasteiger charge is 2.59. The number of nitrogens with one attached hydrogen (secondary N) is 2. The average Bonchev–Trinajstić information content (AvgIpc) is 3.56. The van der Waals surface area contributed by atoms with Gasteiger partial charge in [0.05, 0.1) is 31.1 Å². The Labute approximate surface area is 367 Å². The highest BCUT2D eigenvalue weighted by Crippen LogP contribution is 2.41. The number of fused-ring (bicyclic) bond motifs is 1. The molecule has 348 valence electrons. The Balaban J connectivity index is 1.46. The van der Waals surface area contributed by atoms with E-state index in [9.17, 15) is 29.5 Å². The van der Waals surface area contributed by atoms with Crippen LogP contribution < -0.4 is 10.6 Å². The Morgan fingerprint density at radius 1 is 1.06 bits per heavy atom. The van der Waals surface area contributed by atoms with Crippen LogP contribution in [-0.2, 0) is 44.6 Å². The van der Waals surface area contributed by atoms with Gasteiger partial charge in [0.25, 0.3) is 5.67 Å². The van der Waals surface area contributed by atoms with E-state index in [0.717, 1.165) is 18.1 Å². The molecule has 18 nitrogen and oxygen atoms in total. The Bertz CT molecular complexity index is 1940. The number of carbonyl (C=O) groups excluding carboxylic acids is 4. The number of nitrogens with zero attached hydrogens (tertiary/aromatic N) is 4. The zero-order valence-electron chi connectivity index (χ0n) is 37.7. The van der Waals surface area contributed by atoms with Gasteiger partial charge >= 0.3 is 18.2 Å². The van der Waals surface area contributed by atoms with E-state index < -0.39 is 101 Å². The first-order valence-corrected chi connectivity index (χ1v) is 21.4. The molecule has 63 heavy (non-hydrogen) atoms. The molecule has 0 spiro atoms. The summed E-state index contributed by atoms with van der Waals surface area (Å²) in [6, 6.07) is 7.80. The van der Waals surface area contributed by atoms with E-state index >= 15 is 4.39 Å². The number of likely N-dealkylation sites (N-methyl/N-ethyl adjacent to an activating group) is 1. The number of ether oxygens (including phenoxy) is 6. The number of benzene rings is 1. The van der Waals surface area contributed by atoms with E-state index in [1.54, 1.807) is 65.2 Å². The number of aliphatic hydroxyl groups is 1. The maximum Gasteiger partial charge on any atom is 0.408 e. The maximum absolute atomic E-state index is 17.0. The summed E-state index contributed by atoms with van der Waals surface area (Å²) in [5.74, 6) is -5.41. The van der Waals surface area contributed by atoms with Crippen LogP contribution >= 0.6 is 0 Å². The van der Waals surface area contributed by atoms with Crippen molar-refractivity contribution in [3.05, 3.63) is 48.3 Å². The summed E-state index contributed by atoms with van der Waals surface area (Å²) >= 11 is 0. The second-order valence-electron chi connectivity index (χ2n) is 17.7. The molecular weight excluding hydrogens is 824 g/mol. The molecule has 3 saturated heterocycles. The third-order valence-corrected chi connectivity index (χ3v) is 12.5. The summed E-state index contributed by atoms with van der Waals surface area (Å²) in [6.45, 7) is 12.2. The zero-order chi connectivity index (χ0) is 46.4. The van der Waals surface area contributed by atoms with Crippen molar-refractivity contribution in [1.29, 1.82) is 0 Å². The van der Waals surface area contributed by atoms with Crippen molar-refractivity contribution in [3.63, 3.8) is 0 Å². The number of hydrogen-bond acceptors (Lipinski definition) is 16. The SMILES string of the molecule is CC[C@H]1OC(=O)[C@@](C)(F)C(=O)[C@H](C)[C@@H](O[C@@H]2O[C@H](C)C[C@H](N(C)C)[C@H]2O)[C@](C)(OC(=O)NCCOCc2ccc(-c3ncccn3)cc2)C[C@@H](C)/C(=N\O)[C@H](C)[C@H]2NC(=O)O[C@@]21C. The fourth-order valence-electron chi connectivity index (χ4n) is 9.15. The van der Waals surface area contributed by atoms with Gasteiger partial charge in [0, 0.05) is 48.3 Å². The van der Waals surface area contributed by atoms with Crippen LogP contribution in [0.4, 0.5) is 14.0 Å². The molecule has 2 aromatic rings. The van der Waals surface area contributed by atoms with E-state index in [1.807, 2.05) is 24.3 Å². The van der Waals surface area contributed by atoms with Gasteiger partial charge in [-0.05, 0) is 72.7 Å². The molecule has 3 aliphatic heterocycles. The van der Waals surface area contributed by atoms with Crippen LogP contribution in [0, 0.1) is 17.8 Å². The van der Waals surface area contributed by atoms with Gasteiger partial charge in [-0.2, -0.15) is 0 Å². The Kier molecular flexibility index (Phi) is 15.9. The quantitative estimate of drug-likeness (QED) is 0.0605. The lowest BCUT2D eigenvalue weighted by atomic mass is 9.73. The van der Waals surface area contributed by atoms with Crippen molar-refractivity contribution in [3.8, 4) is 11.4 Å². The normalized spacial score (nSPS) is 36.1. The number of aliphatic hydroxyl groups excluding tert-OH is 1. The smallest absolute Gasteiger partial charge is 0.408 e. The van der Waals surface area contributed by atoms with Crippen molar-refractivity contribution in [1.82, 2.24) is 25.5 Å². The molecule has 3 fully saturated rings. The number of Topliss-reactive ketones (excluding diaryl/α,β-unsaturated/α-hetero) is 1. The minimum atomic E-state index is -3.29. The molecule has 0 unspecified atom stereocenters. The van der Waals surface area contributed by atoms with Crippen molar-refractivity contribution in [2.24, 2.45) is 22.9 Å². The summed E-state index contributed by atoms with van der Waals surface area (Å²) in [5, 5.41) is 31.2. The number of carbonyl (C=O) groups is 4. The van der Waals surface area contributed by atoms with Gasteiger partial charge in [-0.1, -0.05) is 57.1 Å². The molecular formula is C44H63FN6O12. The molecule has 1 aromatic carbocycles. The van der Waals surface area contributed by atoms with Crippen molar-refractivity contribution >= 4 is 29.7 Å². The first-order valence-electron chi connectivity index (χ1n) is 21.4. The number of alkyl carbamates (subject to hydrolysis) is 2. The molecule has 0 radical (unpaired) electrons.